The first-order chi connectivity index (χ1) is 10.9. The summed E-state index contributed by atoms with van der Waals surface area (Å²) < 4.78 is 54.3. The van der Waals surface area contributed by atoms with E-state index >= 15 is 0 Å². The quantitative estimate of drug-likeness (QED) is 0.250. The fourth-order valence-electron chi connectivity index (χ4n) is 2.12. The van der Waals surface area contributed by atoms with E-state index in [1.807, 2.05) is 0 Å². The molecule has 4 nitrogen and oxygen atoms in total. The molecule has 148 valence electrons. The molecule has 0 aliphatic rings. The maximum Gasteiger partial charge on any atom is 0.481 e. The van der Waals surface area contributed by atoms with Crippen molar-refractivity contribution in [1.82, 2.24) is 0 Å². The van der Waals surface area contributed by atoms with E-state index < -0.39 is 28.2 Å². The summed E-state index contributed by atoms with van der Waals surface area (Å²) in [5, 5.41) is 0. The van der Waals surface area contributed by atoms with Crippen molar-refractivity contribution in [1.29, 1.82) is 0 Å². The van der Waals surface area contributed by atoms with Gasteiger partial charge < -0.3 is 8.95 Å². The van der Waals surface area contributed by atoms with Crippen molar-refractivity contribution in [2.24, 2.45) is 0 Å². The Morgan fingerprint density at radius 1 is 0.920 bits per heavy atom. The molecule has 0 fully saturated rings. The standard InChI is InChI=1S/C12H27BN.C4H8F2O3S.U/c1-4-7-10-14(13,11-8-5-2)12-9-6-3;1-2-4(5,6)3-10(7,8)9;/h4-12H2,1-3H3;2-3H2,1H3,(H,7,8,9);/q+1;;/p-1. The normalized spacial score (nSPS) is 12.1. The van der Waals surface area contributed by atoms with E-state index in [1.165, 1.54) is 38.5 Å². The average molecular weight is 607 g/mol. The van der Waals surface area contributed by atoms with Crippen LogP contribution in [0.1, 0.15) is 72.6 Å². The molecule has 0 heterocycles. The average Bonchev–Trinajstić information content (AvgIpc) is 2.47. The number of hydrogen-bond donors (Lipinski definition) is 0. The van der Waals surface area contributed by atoms with Gasteiger partial charge in [0.15, 0.2) is 0 Å². The van der Waals surface area contributed by atoms with Crippen LogP contribution in [-0.4, -0.2) is 56.7 Å². The Morgan fingerprint density at radius 3 is 1.40 bits per heavy atom. The third-order valence-electron chi connectivity index (χ3n) is 3.78. The van der Waals surface area contributed by atoms with Gasteiger partial charge in [0.05, 0.1) is 19.6 Å². The van der Waals surface area contributed by atoms with Gasteiger partial charge in [-0.05, 0) is 19.3 Å². The van der Waals surface area contributed by atoms with Crippen molar-refractivity contribution in [2.75, 3.05) is 25.4 Å². The van der Waals surface area contributed by atoms with Crippen LogP contribution in [0.2, 0.25) is 0 Å². The van der Waals surface area contributed by atoms with Gasteiger partial charge in [-0.3, -0.25) is 0 Å². The molecule has 0 bridgehead atoms. The molecule has 2 radical (unpaired) electrons. The number of alkyl halides is 2. The Balaban J connectivity index is -0.000000392. The molecule has 0 saturated carbocycles. The number of unbranched alkanes of at least 4 members (excludes halogenated alkanes) is 3. The molecule has 0 unspecified atom stereocenters. The van der Waals surface area contributed by atoms with Crippen molar-refractivity contribution in [2.45, 2.75) is 78.6 Å². The van der Waals surface area contributed by atoms with Crippen molar-refractivity contribution in [3.63, 3.8) is 0 Å². The minimum atomic E-state index is -4.79. The fraction of sp³-hybridized carbons (Fsp3) is 1.00. The van der Waals surface area contributed by atoms with Crippen molar-refractivity contribution in [3.05, 3.63) is 0 Å². The van der Waals surface area contributed by atoms with Crippen molar-refractivity contribution < 1.29 is 57.3 Å². The first-order valence-corrected chi connectivity index (χ1v) is 10.5. The zero-order chi connectivity index (χ0) is 19.3. The van der Waals surface area contributed by atoms with Gasteiger partial charge in [0, 0.05) is 37.5 Å². The van der Waals surface area contributed by atoms with Gasteiger partial charge in [-0.1, -0.05) is 47.0 Å². The van der Waals surface area contributed by atoms with Crippen molar-refractivity contribution >= 4 is 18.1 Å². The number of rotatable bonds is 12. The zero-order valence-corrected chi connectivity index (χ0v) is 21.2. The Bertz CT molecular complexity index is 390. The van der Waals surface area contributed by atoms with E-state index in [0.29, 0.717) is 0 Å². The monoisotopic (exact) mass is 607 g/mol. The Hall–Kier alpha value is 0.847. The third kappa shape index (κ3) is 21.0. The van der Waals surface area contributed by atoms with Crippen LogP contribution in [0.15, 0.2) is 0 Å². The van der Waals surface area contributed by atoms with E-state index in [0.717, 1.165) is 31.0 Å². The Labute approximate surface area is 178 Å². The molecule has 0 aliphatic heterocycles. The molecule has 0 aromatic rings. The summed E-state index contributed by atoms with van der Waals surface area (Å²) in [7, 11) is 1.60. The van der Waals surface area contributed by atoms with Crippen LogP contribution in [0.4, 0.5) is 8.78 Å². The molecule has 0 atom stereocenters. The molecule has 0 rings (SSSR count). The van der Waals surface area contributed by atoms with Crippen LogP contribution in [0, 0.1) is 31.1 Å². The van der Waals surface area contributed by atoms with E-state index in [4.69, 9.17) is 7.98 Å². The minimum Gasteiger partial charge on any atom is -0.748 e. The largest absolute Gasteiger partial charge is 0.748 e. The number of hydrogen-bond acceptors (Lipinski definition) is 3. The van der Waals surface area contributed by atoms with E-state index in [-0.39, 0.29) is 31.1 Å². The van der Waals surface area contributed by atoms with Gasteiger partial charge in [0.25, 0.3) is 5.92 Å². The van der Waals surface area contributed by atoms with E-state index in [9.17, 15) is 21.8 Å². The summed E-state index contributed by atoms with van der Waals surface area (Å²) >= 11 is 0. The molecule has 0 aromatic carbocycles. The van der Waals surface area contributed by atoms with Gasteiger partial charge in [-0.2, -0.15) is 0 Å². The predicted octanol–water partition coefficient (Wildman–Crippen LogP) is 3.86. The molecule has 25 heavy (non-hydrogen) atoms. The molecule has 0 amide bonds. The first kappa shape index (κ1) is 30.6. The second-order valence-electron chi connectivity index (χ2n) is 6.36. The summed E-state index contributed by atoms with van der Waals surface area (Å²) in [6, 6.07) is 0. The molecule has 0 aliphatic carbocycles. The van der Waals surface area contributed by atoms with E-state index in [2.05, 4.69) is 20.8 Å². The van der Waals surface area contributed by atoms with Crippen LogP contribution in [-0.2, 0) is 10.1 Å². The Morgan fingerprint density at radius 2 is 1.24 bits per heavy atom. The fourth-order valence-corrected chi connectivity index (χ4v) is 2.84. The second-order valence-corrected chi connectivity index (χ2v) is 7.77. The van der Waals surface area contributed by atoms with Crippen LogP contribution in [0.25, 0.3) is 0 Å². The molecular weight excluding hydrogens is 573 g/mol. The maximum absolute atomic E-state index is 12.1. The number of halogens is 2. The predicted molar refractivity (Wildman–Crippen MR) is 95.1 cm³/mol. The van der Waals surface area contributed by atoms with Gasteiger partial charge in [0.2, 0.25) is 0 Å². The third-order valence-corrected chi connectivity index (χ3v) is 4.55. The maximum atomic E-state index is 12.1. The molecule has 9 heteroatoms. The smallest absolute Gasteiger partial charge is 0.481 e. The van der Waals surface area contributed by atoms with Crippen LogP contribution >= 0.6 is 0 Å². The molecular formula is C16H34BF2NO3SU. The van der Waals surface area contributed by atoms with E-state index in [1.54, 1.807) is 0 Å². The van der Waals surface area contributed by atoms with Gasteiger partial charge in [-0.15, -0.1) is 0 Å². The topological polar surface area (TPSA) is 57.2 Å². The number of quaternary nitrogens is 1. The molecule has 0 aromatic heterocycles. The van der Waals surface area contributed by atoms with Gasteiger partial charge in [-0.25, -0.2) is 17.2 Å². The minimum absolute atomic E-state index is 0. The molecule has 0 N–H and O–H groups in total. The van der Waals surface area contributed by atoms with Gasteiger partial charge >= 0.3 is 7.98 Å². The summed E-state index contributed by atoms with van der Waals surface area (Å²) in [6.45, 7) is 11.3. The first-order valence-electron chi connectivity index (χ1n) is 8.91. The molecule has 0 spiro atoms. The van der Waals surface area contributed by atoms with Gasteiger partial charge in [0.1, 0.15) is 15.9 Å². The number of nitrogens with zero attached hydrogens (tertiary/aromatic N) is 1. The zero-order valence-electron chi connectivity index (χ0n) is 16.2. The summed E-state index contributed by atoms with van der Waals surface area (Å²) in [4.78, 5) is 0. The van der Waals surface area contributed by atoms with Crippen molar-refractivity contribution in [3.8, 4) is 0 Å². The van der Waals surface area contributed by atoms with Crippen LogP contribution in [0.3, 0.4) is 0 Å². The Kier molecular flexibility index (Phi) is 19.4. The SMILES string of the molecule is CCC(F)(F)CS(=O)(=O)[O-].[B][N+](CCCC)(CCCC)CCCC.[U]. The van der Waals surface area contributed by atoms with Crippen LogP contribution in [0.5, 0.6) is 0 Å². The summed E-state index contributed by atoms with van der Waals surface area (Å²) in [6.07, 6.45) is 6.95. The summed E-state index contributed by atoms with van der Waals surface area (Å²) in [5.41, 5.74) is 0. The summed E-state index contributed by atoms with van der Waals surface area (Å²) in [5.74, 6) is -4.98. The van der Waals surface area contributed by atoms with Crippen LogP contribution < -0.4 is 0 Å². The second kappa shape index (κ2) is 15.9. The molecule has 0 saturated heterocycles.